The number of hydrogen-bond donors (Lipinski definition) is 1. The van der Waals surface area contributed by atoms with Gasteiger partial charge in [0.25, 0.3) is 10.0 Å². The summed E-state index contributed by atoms with van der Waals surface area (Å²) < 4.78 is 34.6. The summed E-state index contributed by atoms with van der Waals surface area (Å²) in [7, 11) is -2.85. The number of carbonyl (C=O) groups excluding carboxylic acids is 2. The summed E-state index contributed by atoms with van der Waals surface area (Å²) >= 11 is 19.2. The van der Waals surface area contributed by atoms with Crippen molar-refractivity contribution in [2.24, 2.45) is 0 Å². The van der Waals surface area contributed by atoms with Crippen molar-refractivity contribution >= 4 is 62.3 Å². The molecule has 0 heterocycles. The fourth-order valence-corrected chi connectivity index (χ4v) is 7.03. The second kappa shape index (κ2) is 16.4. The smallest absolute Gasteiger partial charge is 0.264 e. The Hall–Kier alpha value is -3.76. The molecule has 1 N–H and O–H groups in total. The van der Waals surface area contributed by atoms with Crippen molar-refractivity contribution in [1.82, 2.24) is 10.2 Å². The number of nitrogens with one attached hydrogen (secondary N) is 1. The summed E-state index contributed by atoms with van der Waals surface area (Å²) in [5.41, 5.74) is 1.48. The number of methoxy groups -OCH3 is 1. The maximum atomic E-state index is 14.6. The van der Waals surface area contributed by atoms with Gasteiger partial charge in [-0.2, -0.15) is 0 Å². The molecule has 2 unspecified atom stereocenters. The summed E-state index contributed by atoms with van der Waals surface area (Å²) in [4.78, 5) is 29.9. The molecule has 0 spiro atoms. The van der Waals surface area contributed by atoms with Crippen LogP contribution in [0.4, 0.5) is 5.69 Å². The summed E-state index contributed by atoms with van der Waals surface area (Å²) in [5, 5.41) is 3.87. The number of sulfonamides is 1. The van der Waals surface area contributed by atoms with Crippen LogP contribution in [0.3, 0.4) is 0 Å². The van der Waals surface area contributed by atoms with Crippen molar-refractivity contribution < 1.29 is 22.7 Å². The summed E-state index contributed by atoms with van der Waals surface area (Å²) in [5.74, 6) is -0.684. The lowest BCUT2D eigenvalue weighted by atomic mass is 10.0. The molecular weight excluding hydrogens is 681 g/mol. The zero-order chi connectivity index (χ0) is 34.1. The number of anilines is 1. The van der Waals surface area contributed by atoms with Gasteiger partial charge in [-0.25, -0.2) is 8.42 Å². The van der Waals surface area contributed by atoms with E-state index in [1.54, 1.807) is 36.4 Å². The minimum atomic E-state index is -4.29. The van der Waals surface area contributed by atoms with Gasteiger partial charge in [0.2, 0.25) is 11.8 Å². The first-order valence-corrected chi connectivity index (χ1v) is 17.5. The van der Waals surface area contributed by atoms with E-state index < -0.39 is 28.5 Å². The topological polar surface area (TPSA) is 96.0 Å². The second-order valence-electron chi connectivity index (χ2n) is 10.9. The number of rotatable bonds is 14. The molecule has 0 aliphatic carbocycles. The van der Waals surface area contributed by atoms with E-state index in [4.69, 9.17) is 39.5 Å². The Morgan fingerprint density at radius 1 is 0.872 bits per heavy atom. The molecule has 4 rings (SSSR count). The fourth-order valence-electron chi connectivity index (χ4n) is 4.89. The predicted molar refractivity (Wildman–Crippen MR) is 188 cm³/mol. The lowest BCUT2D eigenvalue weighted by molar-refractivity contribution is -0.140. The number of ether oxygens (including phenoxy) is 1. The zero-order valence-electron chi connectivity index (χ0n) is 26.2. The molecule has 0 saturated carbocycles. The second-order valence-corrected chi connectivity index (χ2v) is 14.0. The molecule has 4 aromatic carbocycles. The highest BCUT2D eigenvalue weighted by Crippen LogP contribution is 2.32. The maximum Gasteiger partial charge on any atom is 0.264 e. The van der Waals surface area contributed by atoms with Gasteiger partial charge in [-0.05, 0) is 66.9 Å². The van der Waals surface area contributed by atoms with Crippen LogP contribution < -0.4 is 14.4 Å². The van der Waals surface area contributed by atoms with Crippen molar-refractivity contribution in [2.75, 3.05) is 18.0 Å². The van der Waals surface area contributed by atoms with E-state index in [0.29, 0.717) is 27.8 Å². The van der Waals surface area contributed by atoms with Crippen LogP contribution in [0, 0.1) is 0 Å². The minimum absolute atomic E-state index is 0.0256. The lowest BCUT2D eigenvalue weighted by Crippen LogP contribution is -2.54. The van der Waals surface area contributed by atoms with Crippen LogP contribution >= 0.6 is 34.8 Å². The van der Waals surface area contributed by atoms with E-state index in [9.17, 15) is 18.0 Å². The molecule has 0 aliphatic heterocycles. The minimum Gasteiger partial charge on any atom is -0.495 e. The van der Waals surface area contributed by atoms with E-state index in [0.717, 1.165) is 9.87 Å². The van der Waals surface area contributed by atoms with Crippen molar-refractivity contribution in [2.45, 2.75) is 50.2 Å². The Bertz CT molecular complexity index is 1790. The first kappa shape index (κ1) is 36.1. The first-order chi connectivity index (χ1) is 22.4. The molecule has 47 heavy (non-hydrogen) atoms. The van der Waals surface area contributed by atoms with Crippen molar-refractivity contribution in [3.63, 3.8) is 0 Å². The number of amides is 2. The molecule has 8 nitrogen and oxygen atoms in total. The largest absolute Gasteiger partial charge is 0.495 e. The van der Waals surface area contributed by atoms with Gasteiger partial charge in [-0.15, -0.1) is 0 Å². The van der Waals surface area contributed by atoms with Gasteiger partial charge in [0.05, 0.1) is 22.7 Å². The van der Waals surface area contributed by atoms with Gasteiger partial charge < -0.3 is 15.0 Å². The Kier molecular flexibility index (Phi) is 12.6. The molecule has 0 saturated heterocycles. The fraction of sp³-hybridized carbons (Fsp3) is 0.257. The zero-order valence-corrected chi connectivity index (χ0v) is 29.3. The van der Waals surface area contributed by atoms with E-state index in [2.05, 4.69) is 5.32 Å². The molecule has 0 aromatic heterocycles. The number of carbonyl (C=O) groups is 2. The highest BCUT2D eigenvalue weighted by atomic mass is 35.5. The SMILES string of the molecule is CCC(C)NC(=O)C(Cc1ccccc1)N(Cc1ccc(Cl)cc1Cl)C(=O)CN(c1ccc(OC)c(Cl)c1)S(=O)(=O)c1ccccc1. The monoisotopic (exact) mass is 715 g/mol. The molecule has 2 amide bonds. The lowest BCUT2D eigenvalue weighted by Gasteiger charge is -2.34. The first-order valence-electron chi connectivity index (χ1n) is 14.9. The van der Waals surface area contributed by atoms with Gasteiger partial charge >= 0.3 is 0 Å². The van der Waals surface area contributed by atoms with Gasteiger partial charge in [0.15, 0.2) is 0 Å². The van der Waals surface area contributed by atoms with Crippen molar-refractivity contribution in [3.8, 4) is 5.75 Å². The number of hydrogen-bond acceptors (Lipinski definition) is 5. The molecule has 0 bridgehead atoms. The van der Waals surface area contributed by atoms with Gasteiger partial charge in [-0.3, -0.25) is 13.9 Å². The molecule has 2 atom stereocenters. The van der Waals surface area contributed by atoms with Crippen molar-refractivity contribution in [1.29, 1.82) is 0 Å². The molecular formula is C35H36Cl3N3O5S. The highest BCUT2D eigenvalue weighted by Gasteiger charge is 2.35. The third-order valence-electron chi connectivity index (χ3n) is 7.66. The molecule has 248 valence electrons. The Morgan fingerprint density at radius 3 is 2.13 bits per heavy atom. The van der Waals surface area contributed by atoms with Crippen LogP contribution in [-0.4, -0.2) is 50.9 Å². The average Bonchev–Trinajstić information content (AvgIpc) is 3.06. The number of nitrogens with zero attached hydrogens (tertiary/aromatic N) is 2. The van der Waals surface area contributed by atoms with Crippen LogP contribution in [0.2, 0.25) is 15.1 Å². The summed E-state index contributed by atoms with van der Waals surface area (Å²) in [6.45, 7) is 3.08. The molecule has 4 aromatic rings. The maximum absolute atomic E-state index is 14.6. The van der Waals surface area contributed by atoms with E-state index >= 15 is 0 Å². The van der Waals surface area contributed by atoms with Crippen molar-refractivity contribution in [3.05, 3.63) is 123 Å². The van der Waals surface area contributed by atoms with Crippen LogP contribution in [0.15, 0.2) is 102 Å². The van der Waals surface area contributed by atoms with Crippen LogP contribution in [0.1, 0.15) is 31.4 Å². The third kappa shape index (κ3) is 9.20. The summed E-state index contributed by atoms with van der Waals surface area (Å²) in [6, 6.07) is 25.2. The molecule has 0 radical (unpaired) electrons. The Balaban J connectivity index is 1.84. The van der Waals surface area contributed by atoms with Gasteiger partial charge in [0.1, 0.15) is 18.3 Å². The molecule has 0 aliphatic rings. The van der Waals surface area contributed by atoms with Gasteiger partial charge in [0, 0.05) is 29.1 Å². The quantitative estimate of drug-likeness (QED) is 0.147. The third-order valence-corrected chi connectivity index (χ3v) is 10.3. The van der Waals surface area contributed by atoms with Crippen LogP contribution in [-0.2, 0) is 32.6 Å². The molecule has 12 heteroatoms. The molecule has 0 fully saturated rings. The van der Waals surface area contributed by atoms with Gasteiger partial charge in [-0.1, -0.05) is 96.3 Å². The van der Waals surface area contributed by atoms with E-state index in [1.807, 2.05) is 44.2 Å². The number of benzene rings is 4. The average molecular weight is 717 g/mol. The van der Waals surface area contributed by atoms with Crippen LogP contribution in [0.5, 0.6) is 5.75 Å². The summed E-state index contributed by atoms with van der Waals surface area (Å²) in [6.07, 6.45) is 0.835. The van der Waals surface area contributed by atoms with Crippen LogP contribution in [0.25, 0.3) is 0 Å². The van der Waals surface area contributed by atoms with E-state index in [1.165, 1.54) is 42.3 Å². The highest BCUT2D eigenvalue weighted by molar-refractivity contribution is 7.92. The predicted octanol–water partition coefficient (Wildman–Crippen LogP) is 7.41. The standard InChI is InChI=1S/C35H36Cl3N3O5S/c1-4-24(2)39-35(43)32(19-25-11-7-5-8-12-25)40(22-26-15-16-27(36)20-30(26)37)34(42)23-41(28-17-18-33(46-3)31(38)21-28)47(44,45)29-13-9-6-10-14-29/h5-18,20-21,24,32H,4,19,22-23H2,1-3H3,(H,39,43). The van der Waals surface area contributed by atoms with E-state index in [-0.39, 0.29) is 40.5 Å². The Labute approximate surface area is 291 Å². The number of halogens is 3. The Morgan fingerprint density at radius 2 is 1.53 bits per heavy atom. The normalized spacial score (nSPS) is 12.6.